The summed E-state index contributed by atoms with van der Waals surface area (Å²) in [7, 11) is 1.65. The van der Waals surface area contributed by atoms with Crippen molar-refractivity contribution in [2.24, 2.45) is 5.92 Å². The van der Waals surface area contributed by atoms with E-state index >= 15 is 0 Å². The number of carbonyl (C=O) groups excluding carboxylic acids is 1. The lowest BCUT2D eigenvalue weighted by Gasteiger charge is -2.24. The molecule has 0 aliphatic carbocycles. The largest absolute Gasteiger partial charge is 0.497 e. The van der Waals surface area contributed by atoms with Crippen LogP contribution in [0.4, 0.5) is 0 Å². The molecule has 2 heterocycles. The van der Waals surface area contributed by atoms with Crippen molar-refractivity contribution in [3.05, 3.63) is 40.4 Å². The first-order valence-corrected chi connectivity index (χ1v) is 8.11. The molecule has 3 rings (SSSR count). The van der Waals surface area contributed by atoms with Crippen LogP contribution in [0.5, 0.6) is 5.75 Å². The Labute approximate surface area is 134 Å². The van der Waals surface area contributed by atoms with Crippen LogP contribution in [-0.4, -0.2) is 34.0 Å². The summed E-state index contributed by atoms with van der Waals surface area (Å²) in [5.41, 5.74) is 1.86. The Bertz CT molecular complexity index is 668. The Morgan fingerprint density at radius 2 is 2.09 bits per heavy atom. The van der Waals surface area contributed by atoms with Gasteiger partial charge in [0.05, 0.1) is 18.8 Å². The molecule has 1 aromatic carbocycles. The number of aromatic nitrogens is 2. The first-order chi connectivity index (χ1) is 10.6. The zero-order valence-electron chi connectivity index (χ0n) is 12.9. The highest BCUT2D eigenvalue weighted by Gasteiger charge is 2.35. The molecule has 6 heteroatoms. The second kappa shape index (κ2) is 6.04. The van der Waals surface area contributed by atoms with Gasteiger partial charge in [0.1, 0.15) is 10.6 Å². The average Bonchev–Trinajstić information content (AvgIpc) is 3.12. The first kappa shape index (κ1) is 15.0. The van der Waals surface area contributed by atoms with E-state index in [0.717, 1.165) is 24.3 Å². The summed E-state index contributed by atoms with van der Waals surface area (Å²) in [5, 5.41) is 3.95. The van der Waals surface area contributed by atoms with Crippen molar-refractivity contribution in [1.29, 1.82) is 0 Å². The maximum absolute atomic E-state index is 12.8. The topological polar surface area (TPSA) is 55.3 Å². The number of amides is 1. The number of nitrogens with zero attached hydrogens (tertiary/aromatic N) is 3. The minimum absolute atomic E-state index is 0.0395. The molecule has 1 aliphatic rings. The van der Waals surface area contributed by atoms with E-state index < -0.39 is 0 Å². The highest BCUT2D eigenvalue weighted by atomic mass is 32.1. The van der Waals surface area contributed by atoms with E-state index in [4.69, 9.17) is 4.74 Å². The molecule has 1 aromatic heterocycles. The van der Waals surface area contributed by atoms with Crippen LogP contribution >= 0.6 is 11.5 Å². The summed E-state index contributed by atoms with van der Waals surface area (Å²) < 4.78 is 9.09. The van der Waals surface area contributed by atoms with Crippen LogP contribution in [0.25, 0.3) is 0 Å². The third-order valence-corrected chi connectivity index (χ3v) is 4.93. The molecule has 116 valence electrons. The van der Waals surface area contributed by atoms with Gasteiger partial charge >= 0.3 is 0 Å². The van der Waals surface area contributed by atoms with Gasteiger partial charge in [0, 0.05) is 6.54 Å². The van der Waals surface area contributed by atoms with Gasteiger partial charge in [-0.3, -0.25) is 4.79 Å². The molecular weight excluding hydrogens is 298 g/mol. The predicted molar refractivity (Wildman–Crippen MR) is 85.2 cm³/mol. The summed E-state index contributed by atoms with van der Waals surface area (Å²) in [6, 6.07) is 8.08. The van der Waals surface area contributed by atoms with E-state index in [-0.39, 0.29) is 11.9 Å². The highest BCUT2D eigenvalue weighted by molar-refractivity contribution is 7.07. The highest BCUT2D eigenvalue weighted by Crippen LogP contribution is 2.37. The molecule has 0 unspecified atom stereocenters. The van der Waals surface area contributed by atoms with Crippen LogP contribution in [0.3, 0.4) is 0 Å². The fourth-order valence-electron chi connectivity index (χ4n) is 2.97. The van der Waals surface area contributed by atoms with E-state index in [1.807, 2.05) is 36.1 Å². The van der Waals surface area contributed by atoms with Gasteiger partial charge in [0.25, 0.3) is 5.91 Å². The standard InChI is InChI=1S/C16H19N3O2S/c1-10-8-14(12-4-6-13(21-3)7-5-12)19(9-10)16(20)15-11(2)17-18-22-15/h4-7,10,14H,8-9H2,1-3H3/t10-,14-/m0/s1. The number of likely N-dealkylation sites (tertiary alicyclic amines) is 1. The lowest BCUT2D eigenvalue weighted by molar-refractivity contribution is 0.0736. The van der Waals surface area contributed by atoms with Gasteiger partial charge in [-0.25, -0.2) is 0 Å². The lowest BCUT2D eigenvalue weighted by atomic mass is 10.0. The molecule has 0 spiro atoms. The number of benzene rings is 1. The van der Waals surface area contributed by atoms with E-state index in [2.05, 4.69) is 16.5 Å². The van der Waals surface area contributed by atoms with E-state index in [1.54, 1.807) is 7.11 Å². The summed E-state index contributed by atoms with van der Waals surface area (Å²) in [5.74, 6) is 1.35. The molecule has 0 N–H and O–H groups in total. The number of hydrogen-bond donors (Lipinski definition) is 0. The van der Waals surface area contributed by atoms with Crippen LogP contribution < -0.4 is 4.74 Å². The number of methoxy groups -OCH3 is 1. The second-order valence-corrected chi connectivity index (χ2v) is 6.53. The Balaban J connectivity index is 1.88. The molecule has 1 fully saturated rings. The molecule has 0 bridgehead atoms. The molecule has 1 aliphatic heterocycles. The monoisotopic (exact) mass is 317 g/mol. The Morgan fingerprint density at radius 1 is 1.36 bits per heavy atom. The molecule has 0 radical (unpaired) electrons. The summed E-state index contributed by atoms with van der Waals surface area (Å²) in [6.07, 6.45) is 0.976. The minimum Gasteiger partial charge on any atom is -0.497 e. The van der Waals surface area contributed by atoms with Gasteiger partial charge < -0.3 is 9.64 Å². The molecule has 2 aromatic rings. The smallest absolute Gasteiger partial charge is 0.268 e. The van der Waals surface area contributed by atoms with Gasteiger partial charge in [-0.2, -0.15) is 0 Å². The molecule has 0 saturated carbocycles. The number of ether oxygens (including phenoxy) is 1. The van der Waals surface area contributed by atoms with E-state index in [9.17, 15) is 4.79 Å². The van der Waals surface area contributed by atoms with E-state index in [0.29, 0.717) is 16.5 Å². The molecule has 5 nitrogen and oxygen atoms in total. The van der Waals surface area contributed by atoms with Crippen molar-refractivity contribution in [3.8, 4) is 5.75 Å². The predicted octanol–water partition coefficient (Wildman–Crippen LogP) is 3.08. The maximum Gasteiger partial charge on any atom is 0.268 e. The molecule has 2 atom stereocenters. The maximum atomic E-state index is 12.8. The average molecular weight is 317 g/mol. The molecule has 1 amide bonds. The van der Waals surface area contributed by atoms with Crippen molar-refractivity contribution in [2.75, 3.05) is 13.7 Å². The number of aryl methyl sites for hydroxylation is 1. The van der Waals surface area contributed by atoms with Crippen LogP contribution in [-0.2, 0) is 0 Å². The second-order valence-electron chi connectivity index (χ2n) is 5.77. The normalized spacial score (nSPS) is 21.1. The van der Waals surface area contributed by atoms with Crippen molar-refractivity contribution in [2.45, 2.75) is 26.3 Å². The van der Waals surface area contributed by atoms with Crippen molar-refractivity contribution in [1.82, 2.24) is 14.5 Å². The number of carbonyl (C=O) groups is 1. The Morgan fingerprint density at radius 3 is 2.68 bits per heavy atom. The van der Waals surface area contributed by atoms with Crippen molar-refractivity contribution >= 4 is 17.4 Å². The Kier molecular flexibility index (Phi) is 4.11. The quantitative estimate of drug-likeness (QED) is 0.873. The molecule has 22 heavy (non-hydrogen) atoms. The lowest BCUT2D eigenvalue weighted by Crippen LogP contribution is -2.31. The van der Waals surface area contributed by atoms with Crippen LogP contribution in [0.1, 0.15) is 40.3 Å². The van der Waals surface area contributed by atoms with Gasteiger partial charge in [0.2, 0.25) is 0 Å². The zero-order chi connectivity index (χ0) is 15.7. The fraction of sp³-hybridized carbons (Fsp3) is 0.438. The van der Waals surface area contributed by atoms with Crippen LogP contribution in [0, 0.1) is 12.8 Å². The SMILES string of the molecule is COc1ccc([C@@H]2C[C@H](C)CN2C(=O)c2snnc2C)cc1. The van der Waals surface area contributed by atoms with E-state index in [1.165, 1.54) is 11.5 Å². The third-order valence-electron chi connectivity index (χ3n) is 4.12. The number of hydrogen-bond acceptors (Lipinski definition) is 5. The first-order valence-electron chi connectivity index (χ1n) is 7.34. The Hall–Kier alpha value is -1.95. The third kappa shape index (κ3) is 2.70. The molecule has 1 saturated heterocycles. The van der Waals surface area contributed by atoms with Crippen molar-refractivity contribution in [3.63, 3.8) is 0 Å². The molecular formula is C16H19N3O2S. The van der Waals surface area contributed by atoms with Gasteiger partial charge in [-0.15, -0.1) is 5.10 Å². The van der Waals surface area contributed by atoms with Crippen molar-refractivity contribution < 1.29 is 9.53 Å². The van der Waals surface area contributed by atoms with Gasteiger partial charge in [-0.05, 0) is 48.5 Å². The van der Waals surface area contributed by atoms with Gasteiger partial charge in [0.15, 0.2) is 0 Å². The summed E-state index contributed by atoms with van der Waals surface area (Å²) in [4.78, 5) is 15.4. The van der Waals surface area contributed by atoms with Crippen LogP contribution in [0.15, 0.2) is 24.3 Å². The summed E-state index contributed by atoms with van der Waals surface area (Å²) >= 11 is 1.18. The number of rotatable bonds is 3. The fourth-order valence-corrected chi connectivity index (χ4v) is 3.58. The van der Waals surface area contributed by atoms with Gasteiger partial charge in [-0.1, -0.05) is 23.5 Å². The van der Waals surface area contributed by atoms with Crippen LogP contribution in [0.2, 0.25) is 0 Å². The summed E-state index contributed by atoms with van der Waals surface area (Å²) in [6.45, 7) is 4.78. The zero-order valence-corrected chi connectivity index (χ0v) is 13.8. The minimum atomic E-state index is 0.0395.